The fraction of sp³-hybridized carbons (Fsp3) is 0.429. The maximum Gasteiger partial charge on any atom is 0.328 e. The van der Waals surface area contributed by atoms with E-state index in [0.717, 1.165) is 5.56 Å². The van der Waals surface area contributed by atoms with Crippen LogP contribution >= 0.6 is 0 Å². The lowest BCUT2D eigenvalue weighted by atomic mass is 10.1. The third-order valence-electron chi connectivity index (χ3n) is 3.40. The van der Waals surface area contributed by atoms with E-state index in [-0.39, 0.29) is 18.9 Å². The van der Waals surface area contributed by atoms with Crippen LogP contribution in [0.2, 0.25) is 0 Å². The SMILES string of the molecule is Nc1ccccc1CCC(=O)N1CCOCC1C(=O)O. The number of morpholine rings is 1. The van der Waals surface area contributed by atoms with Crippen LogP contribution in [-0.4, -0.2) is 47.7 Å². The van der Waals surface area contributed by atoms with Crippen molar-refractivity contribution in [2.75, 3.05) is 25.5 Å². The molecule has 0 aromatic heterocycles. The summed E-state index contributed by atoms with van der Waals surface area (Å²) in [4.78, 5) is 24.6. The number of rotatable bonds is 4. The number of amides is 1. The molecule has 1 aromatic rings. The van der Waals surface area contributed by atoms with Crippen molar-refractivity contribution in [2.24, 2.45) is 0 Å². The molecule has 108 valence electrons. The second-order valence-corrected chi connectivity index (χ2v) is 4.71. The van der Waals surface area contributed by atoms with Gasteiger partial charge in [0.15, 0.2) is 6.04 Å². The molecule has 0 aliphatic carbocycles. The Balaban J connectivity index is 1.97. The van der Waals surface area contributed by atoms with E-state index in [4.69, 9.17) is 15.6 Å². The van der Waals surface area contributed by atoms with Crippen LogP contribution in [0.25, 0.3) is 0 Å². The van der Waals surface area contributed by atoms with Crippen molar-refractivity contribution in [3.05, 3.63) is 29.8 Å². The predicted octanol–water partition coefficient (Wildman–Crippen LogP) is 0.513. The molecule has 1 aromatic carbocycles. The van der Waals surface area contributed by atoms with Gasteiger partial charge >= 0.3 is 5.97 Å². The van der Waals surface area contributed by atoms with E-state index in [1.165, 1.54) is 4.90 Å². The van der Waals surface area contributed by atoms with Gasteiger partial charge in [0.2, 0.25) is 5.91 Å². The number of carboxylic acid groups (broad SMARTS) is 1. The number of aliphatic carboxylic acids is 1. The summed E-state index contributed by atoms with van der Waals surface area (Å²) in [6.45, 7) is 0.748. The van der Waals surface area contributed by atoms with E-state index in [1.54, 1.807) is 6.07 Å². The molecule has 1 fully saturated rings. The van der Waals surface area contributed by atoms with Gasteiger partial charge in [-0.05, 0) is 18.1 Å². The molecule has 0 saturated carbocycles. The summed E-state index contributed by atoms with van der Waals surface area (Å²) < 4.78 is 5.11. The number of aryl methyl sites for hydroxylation is 1. The van der Waals surface area contributed by atoms with Crippen molar-refractivity contribution in [1.82, 2.24) is 4.90 Å². The Morgan fingerprint density at radius 3 is 2.85 bits per heavy atom. The molecule has 0 bridgehead atoms. The number of nitrogen functional groups attached to an aromatic ring is 1. The highest BCUT2D eigenvalue weighted by atomic mass is 16.5. The Bertz CT molecular complexity index is 504. The number of ether oxygens (including phenoxy) is 1. The Morgan fingerprint density at radius 1 is 1.40 bits per heavy atom. The van der Waals surface area contributed by atoms with Crippen molar-refractivity contribution >= 4 is 17.6 Å². The number of benzene rings is 1. The van der Waals surface area contributed by atoms with Crippen LogP contribution in [0.15, 0.2) is 24.3 Å². The minimum Gasteiger partial charge on any atom is -0.480 e. The highest BCUT2D eigenvalue weighted by Crippen LogP contribution is 2.15. The minimum absolute atomic E-state index is 0.0501. The Kier molecular flexibility index (Phi) is 4.57. The van der Waals surface area contributed by atoms with Crippen LogP contribution < -0.4 is 5.73 Å². The van der Waals surface area contributed by atoms with E-state index in [0.29, 0.717) is 25.3 Å². The first kappa shape index (κ1) is 14.3. The van der Waals surface area contributed by atoms with Crippen LogP contribution in [0.1, 0.15) is 12.0 Å². The van der Waals surface area contributed by atoms with Crippen molar-refractivity contribution in [1.29, 1.82) is 0 Å². The third-order valence-corrected chi connectivity index (χ3v) is 3.40. The van der Waals surface area contributed by atoms with Crippen LogP contribution in [0.4, 0.5) is 5.69 Å². The van der Waals surface area contributed by atoms with Gasteiger partial charge in [-0.25, -0.2) is 4.79 Å². The number of carboxylic acids is 1. The molecule has 20 heavy (non-hydrogen) atoms. The van der Waals surface area contributed by atoms with Gasteiger partial charge in [0.1, 0.15) is 0 Å². The molecule has 1 atom stereocenters. The van der Waals surface area contributed by atoms with E-state index in [9.17, 15) is 9.59 Å². The van der Waals surface area contributed by atoms with Gasteiger partial charge in [-0.1, -0.05) is 18.2 Å². The summed E-state index contributed by atoms with van der Waals surface area (Å²) in [7, 11) is 0. The quantitative estimate of drug-likeness (QED) is 0.783. The average Bonchev–Trinajstić information content (AvgIpc) is 2.46. The smallest absolute Gasteiger partial charge is 0.328 e. The first-order valence-electron chi connectivity index (χ1n) is 6.53. The van der Waals surface area contributed by atoms with Crippen molar-refractivity contribution in [3.63, 3.8) is 0 Å². The highest BCUT2D eigenvalue weighted by Gasteiger charge is 2.32. The molecule has 3 N–H and O–H groups in total. The Hall–Kier alpha value is -2.08. The molecular weight excluding hydrogens is 260 g/mol. The van der Waals surface area contributed by atoms with Crippen molar-refractivity contribution < 1.29 is 19.4 Å². The molecule has 2 rings (SSSR count). The second-order valence-electron chi connectivity index (χ2n) is 4.71. The van der Waals surface area contributed by atoms with Crippen molar-refractivity contribution in [2.45, 2.75) is 18.9 Å². The highest BCUT2D eigenvalue weighted by molar-refractivity contribution is 5.84. The molecule has 1 saturated heterocycles. The van der Waals surface area contributed by atoms with E-state index >= 15 is 0 Å². The number of carbonyl (C=O) groups is 2. The minimum atomic E-state index is -1.03. The van der Waals surface area contributed by atoms with Gasteiger partial charge in [0, 0.05) is 18.7 Å². The zero-order valence-electron chi connectivity index (χ0n) is 11.1. The van der Waals surface area contributed by atoms with Gasteiger partial charge in [-0.2, -0.15) is 0 Å². The number of anilines is 1. The molecule has 1 aliphatic heterocycles. The van der Waals surface area contributed by atoms with Gasteiger partial charge in [0.25, 0.3) is 0 Å². The molecule has 1 unspecified atom stereocenters. The summed E-state index contributed by atoms with van der Waals surface area (Å²) in [6.07, 6.45) is 0.757. The first-order chi connectivity index (χ1) is 9.59. The molecule has 0 spiro atoms. The predicted molar refractivity (Wildman–Crippen MR) is 73.1 cm³/mol. The molecule has 6 heteroatoms. The fourth-order valence-corrected chi connectivity index (χ4v) is 2.25. The number of carbonyl (C=O) groups excluding carboxylic acids is 1. The first-order valence-corrected chi connectivity index (χ1v) is 6.53. The maximum atomic E-state index is 12.2. The van der Waals surface area contributed by atoms with Crippen LogP contribution in [-0.2, 0) is 20.7 Å². The van der Waals surface area contributed by atoms with Gasteiger partial charge in [-0.15, -0.1) is 0 Å². The molecule has 0 radical (unpaired) electrons. The molecule has 1 amide bonds. The lowest BCUT2D eigenvalue weighted by molar-refractivity contribution is -0.158. The number of nitrogens with two attached hydrogens (primary N) is 1. The summed E-state index contributed by atoms with van der Waals surface area (Å²) in [5.41, 5.74) is 7.38. The summed E-state index contributed by atoms with van der Waals surface area (Å²) in [6, 6.07) is 6.48. The number of nitrogens with zero attached hydrogens (tertiary/aromatic N) is 1. The molecular formula is C14H18N2O4. The Morgan fingerprint density at radius 2 is 2.15 bits per heavy atom. The topological polar surface area (TPSA) is 92.9 Å². The lowest BCUT2D eigenvalue weighted by Gasteiger charge is -2.33. The zero-order valence-corrected chi connectivity index (χ0v) is 11.1. The fourth-order valence-electron chi connectivity index (χ4n) is 2.25. The third kappa shape index (κ3) is 3.27. The van der Waals surface area contributed by atoms with Crippen LogP contribution in [0.3, 0.4) is 0 Å². The maximum absolute atomic E-state index is 12.2. The van der Waals surface area contributed by atoms with Crippen LogP contribution in [0.5, 0.6) is 0 Å². The number of para-hydroxylation sites is 1. The van der Waals surface area contributed by atoms with E-state index in [2.05, 4.69) is 0 Å². The molecule has 6 nitrogen and oxygen atoms in total. The van der Waals surface area contributed by atoms with Gasteiger partial charge < -0.3 is 20.5 Å². The second kappa shape index (κ2) is 6.38. The van der Waals surface area contributed by atoms with Crippen molar-refractivity contribution in [3.8, 4) is 0 Å². The summed E-state index contributed by atoms with van der Waals surface area (Å²) >= 11 is 0. The zero-order chi connectivity index (χ0) is 14.5. The van der Waals surface area contributed by atoms with E-state index < -0.39 is 12.0 Å². The normalized spacial score (nSPS) is 18.8. The molecule has 1 aliphatic rings. The van der Waals surface area contributed by atoms with Crippen LogP contribution in [0, 0.1) is 0 Å². The summed E-state index contributed by atoms with van der Waals surface area (Å²) in [5.74, 6) is -1.21. The Labute approximate surface area is 117 Å². The number of hydrogen-bond acceptors (Lipinski definition) is 4. The van der Waals surface area contributed by atoms with Gasteiger partial charge in [-0.3, -0.25) is 4.79 Å². The average molecular weight is 278 g/mol. The van der Waals surface area contributed by atoms with Gasteiger partial charge in [0.05, 0.1) is 13.2 Å². The van der Waals surface area contributed by atoms with E-state index in [1.807, 2.05) is 18.2 Å². The standard InChI is InChI=1S/C14H18N2O4/c15-11-4-2-1-3-10(11)5-6-13(17)16-7-8-20-9-12(16)14(18)19/h1-4,12H,5-9,15H2,(H,18,19). The molecule has 1 heterocycles. The lowest BCUT2D eigenvalue weighted by Crippen LogP contribution is -2.52. The monoisotopic (exact) mass is 278 g/mol. The largest absolute Gasteiger partial charge is 0.480 e. The number of hydrogen-bond donors (Lipinski definition) is 2. The summed E-state index contributed by atoms with van der Waals surface area (Å²) in [5, 5.41) is 9.09.